The van der Waals surface area contributed by atoms with Crippen LogP contribution in [0.15, 0.2) is 53.4 Å². The third kappa shape index (κ3) is 6.39. The molecule has 26 heavy (non-hydrogen) atoms. The fourth-order valence-electron chi connectivity index (χ4n) is 2.20. The summed E-state index contributed by atoms with van der Waals surface area (Å²) in [5.74, 6) is 0.357. The highest BCUT2D eigenvalue weighted by atomic mass is 35.5. The molecule has 0 radical (unpaired) electrons. The van der Waals surface area contributed by atoms with E-state index in [0.29, 0.717) is 28.4 Å². The van der Waals surface area contributed by atoms with Gasteiger partial charge in [0.25, 0.3) is 5.91 Å². The number of thioether (sulfide) groups is 1. The van der Waals surface area contributed by atoms with Gasteiger partial charge in [0.05, 0.1) is 11.3 Å². The highest BCUT2D eigenvalue weighted by Crippen LogP contribution is 2.21. The topological polar surface area (TPSA) is 58.2 Å². The van der Waals surface area contributed by atoms with Gasteiger partial charge < -0.3 is 10.6 Å². The van der Waals surface area contributed by atoms with E-state index in [-0.39, 0.29) is 17.9 Å². The summed E-state index contributed by atoms with van der Waals surface area (Å²) < 4.78 is 0. The fourth-order valence-corrected chi connectivity index (χ4v) is 3.18. The predicted octanol–water partition coefficient (Wildman–Crippen LogP) is 4.99. The molecule has 0 heterocycles. The van der Waals surface area contributed by atoms with Crippen molar-refractivity contribution >= 4 is 40.9 Å². The van der Waals surface area contributed by atoms with Gasteiger partial charge in [0, 0.05) is 28.1 Å². The van der Waals surface area contributed by atoms with Crippen LogP contribution in [-0.4, -0.2) is 23.6 Å². The number of hydrogen-bond acceptors (Lipinski definition) is 3. The van der Waals surface area contributed by atoms with Crippen molar-refractivity contribution in [1.82, 2.24) is 5.32 Å². The van der Waals surface area contributed by atoms with Crippen molar-refractivity contribution in [2.45, 2.75) is 37.6 Å². The standard InChI is InChI=1S/C20H23ClN2O2S/c1-3-14(2)22-20(25)17-6-4-5-7-18(17)23-19(24)12-13-26-16-10-8-15(21)9-11-16/h4-11,14H,3,12-13H2,1-2H3,(H,22,25)(H,23,24)/t14-/m0/s1. The van der Waals surface area contributed by atoms with Gasteiger partial charge >= 0.3 is 0 Å². The lowest BCUT2D eigenvalue weighted by molar-refractivity contribution is -0.115. The van der Waals surface area contributed by atoms with Crippen LogP contribution in [-0.2, 0) is 4.79 Å². The van der Waals surface area contributed by atoms with Gasteiger partial charge in [0.2, 0.25) is 5.91 Å². The summed E-state index contributed by atoms with van der Waals surface area (Å²) in [6, 6.07) is 14.7. The van der Waals surface area contributed by atoms with Crippen molar-refractivity contribution in [3.63, 3.8) is 0 Å². The van der Waals surface area contributed by atoms with Crippen LogP contribution in [0.1, 0.15) is 37.0 Å². The van der Waals surface area contributed by atoms with Gasteiger partial charge in [-0.1, -0.05) is 30.7 Å². The maximum Gasteiger partial charge on any atom is 0.253 e. The molecule has 2 aromatic rings. The summed E-state index contributed by atoms with van der Waals surface area (Å²) in [6.07, 6.45) is 1.21. The number of halogens is 1. The van der Waals surface area contributed by atoms with Gasteiger partial charge in [-0.3, -0.25) is 9.59 Å². The van der Waals surface area contributed by atoms with E-state index in [1.165, 1.54) is 0 Å². The molecule has 0 saturated heterocycles. The van der Waals surface area contributed by atoms with Crippen molar-refractivity contribution in [3.05, 3.63) is 59.1 Å². The molecule has 0 unspecified atom stereocenters. The lowest BCUT2D eigenvalue weighted by Crippen LogP contribution is -2.32. The molecule has 2 aromatic carbocycles. The minimum atomic E-state index is -0.175. The van der Waals surface area contributed by atoms with Crippen LogP contribution in [0.25, 0.3) is 0 Å². The van der Waals surface area contributed by atoms with E-state index in [2.05, 4.69) is 10.6 Å². The Morgan fingerprint density at radius 1 is 1.12 bits per heavy atom. The number of rotatable bonds is 8. The molecule has 0 aromatic heterocycles. The lowest BCUT2D eigenvalue weighted by Gasteiger charge is -2.14. The number of nitrogens with one attached hydrogen (secondary N) is 2. The Bertz CT molecular complexity index is 750. The van der Waals surface area contributed by atoms with Crippen LogP contribution in [0.4, 0.5) is 5.69 Å². The van der Waals surface area contributed by atoms with Crippen molar-refractivity contribution in [2.24, 2.45) is 0 Å². The van der Waals surface area contributed by atoms with Crippen LogP contribution in [0.2, 0.25) is 5.02 Å². The van der Waals surface area contributed by atoms with Crippen LogP contribution in [0.5, 0.6) is 0 Å². The summed E-state index contributed by atoms with van der Waals surface area (Å²) in [5.41, 5.74) is 1.02. The quantitative estimate of drug-likeness (QED) is 0.624. The molecule has 0 spiro atoms. The average Bonchev–Trinajstić information content (AvgIpc) is 2.63. The first-order valence-corrected chi connectivity index (χ1v) is 9.94. The van der Waals surface area contributed by atoms with E-state index >= 15 is 0 Å². The molecule has 2 rings (SSSR count). The minimum Gasteiger partial charge on any atom is -0.350 e. The summed E-state index contributed by atoms with van der Waals surface area (Å²) in [6.45, 7) is 3.96. The first-order chi connectivity index (χ1) is 12.5. The van der Waals surface area contributed by atoms with Gasteiger partial charge in [-0.15, -0.1) is 11.8 Å². The molecule has 2 N–H and O–H groups in total. The minimum absolute atomic E-state index is 0.0852. The SMILES string of the molecule is CC[C@H](C)NC(=O)c1ccccc1NC(=O)CCSc1ccc(Cl)cc1. The molecule has 6 heteroatoms. The molecular formula is C20H23ClN2O2S. The molecule has 0 aliphatic heterocycles. The second kappa shape index (κ2) is 10.2. The first kappa shape index (κ1) is 20.3. The zero-order valence-electron chi connectivity index (χ0n) is 14.9. The van der Waals surface area contributed by atoms with E-state index in [4.69, 9.17) is 11.6 Å². The van der Waals surface area contributed by atoms with E-state index in [9.17, 15) is 9.59 Å². The van der Waals surface area contributed by atoms with Gasteiger partial charge in [0.1, 0.15) is 0 Å². The highest BCUT2D eigenvalue weighted by molar-refractivity contribution is 7.99. The highest BCUT2D eigenvalue weighted by Gasteiger charge is 2.14. The van der Waals surface area contributed by atoms with Gasteiger partial charge in [-0.2, -0.15) is 0 Å². The number of carbonyl (C=O) groups excluding carboxylic acids is 2. The molecule has 2 amide bonds. The average molecular weight is 391 g/mol. The predicted molar refractivity (Wildman–Crippen MR) is 109 cm³/mol. The molecular weight excluding hydrogens is 368 g/mol. The summed E-state index contributed by atoms with van der Waals surface area (Å²) >= 11 is 7.45. The van der Waals surface area contributed by atoms with Crippen molar-refractivity contribution < 1.29 is 9.59 Å². The van der Waals surface area contributed by atoms with Crippen molar-refractivity contribution in [2.75, 3.05) is 11.1 Å². The second-order valence-electron chi connectivity index (χ2n) is 5.93. The summed E-state index contributed by atoms with van der Waals surface area (Å²) in [4.78, 5) is 25.7. The summed E-state index contributed by atoms with van der Waals surface area (Å²) in [7, 11) is 0. The fraction of sp³-hybridized carbons (Fsp3) is 0.300. The first-order valence-electron chi connectivity index (χ1n) is 8.57. The maximum atomic E-state index is 12.4. The second-order valence-corrected chi connectivity index (χ2v) is 7.53. The molecule has 0 aliphatic carbocycles. The molecule has 0 saturated carbocycles. The van der Waals surface area contributed by atoms with Gasteiger partial charge in [-0.05, 0) is 49.7 Å². The number of benzene rings is 2. The van der Waals surface area contributed by atoms with E-state index < -0.39 is 0 Å². The Balaban J connectivity index is 1.90. The third-order valence-corrected chi connectivity index (χ3v) is 5.11. The monoisotopic (exact) mass is 390 g/mol. The zero-order chi connectivity index (χ0) is 18.9. The Kier molecular flexibility index (Phi) is 8.01. The number of amides is 2. The maximum absolute atomic E-state index is 12.4. The molecule has 1 atom stereocenters. The number of para-hydroxylation sites is 1. The van der Waals surface area contributed by atoms with Crippen LogP contribution in [0, 0.1) is 0 Å². The third-order valence-electron chi connectivity index (χ3n) is 3.85. The smallest absolute Gasteiger partial charge is 0.253 e. The summed E-state index contributed by atoms with van der Waals surface area (Å²) in [5, 5.41) is 6.46. The number of anilines is 1. The molecule has 0 fully saturated rings. The molecule has 0 aliphatic rings. The molecule has 138 valence electrons. The largest absolute Gasteiger partial charge is 0.350 e. The van der Waals surface area contributed by atoms with Crippen LogP contribution < -0.4 is 10.6 Å². The zero-order valence-corrected chi connectivity index (χ0v) is 16.5. The van der Waals surface area contributed by atoms with Crippen LogP contribution >= 0.6 is 23.4 Å². The molecule has 0 bridgehead atoms. The Morgan fingerprint density at radius 2 is 1.81 bits per heavy atom. The van der Waals surface area contributed by atoms with Crippen molar-refractivity contribution in [3.8, 4) is 0 Å². The Hall–Kier alpha value is -1.98. The number of hydrogen-bond donors (Lipinski definition) is 2. The molecule has 4 nitrogen and oxygen atoms in total. The van der Waals surface area contributed by atoms with Gasteiger partial charge in [0.15, 0.2) is 0 Å². The van der Waals surface area contributed by atoms with E-state index in [1.54, 1.807) is 36.0 Å². The van der Waals surface area contributed by atoms with Gasteiger partial charge in [-0.25, -0.2) is 0 Å². The lowest BCUT2D eigenvalue weighted by atomic mass is 10.1. The van der Waals surface area contributed by atoms with E-state index in [1.807, 2.05) is 38.1 Å². The van der Waals surface area contributed by atoms with Crippen LogP contribution in [0.3, 0.4) is 0 Å². The van der Waals surface area contributed by atoms with Crippen molar-refractivity contribution in [1.29, 1.82) is 0 Å². The Morgan fingerprint density at radius 3 is 2.50 bits per heavy atom. The normalized spacial score (nSPS) is 11.7. The number of carbonyl (C=O) groups is 2. The Labute approximate surface area is 163 Å². The van der Waals surface area contributed by atoms with E-state index in [0.717, 1.165) is 11.3 Å².